The number of hydrogen-bond donors (Lipinski definition) is 4. The molecule has 2 aliphatic heterocycles. The van der Waals surface area contributed by atoms with Crippen LogP contribution in [0.2, 0.25) is 5.02 Å². The molecule has 0 spiro atoms. The van der Waals surface area contributed by atoms with Crippen molar-refractivity contribution >= 4 is 29.4 Å². The van der Waals surface area contributed by atoms with Crippen molar-refractivity contribution in [2.45, 2.75) is 97.1 Å². The minimum Gasteiger partial charge on any atom is -0.495 e. The molecule has 0 aromatic heterocycles. The van der Waals surface area contributed by atoms with E-state index in [2.05, 4.69) is 10.6 Å². The van der Waals surface area contributed by atoms with E-state index >= 15 is 0 Å². The van der Waals surface area contributed by atoms with E-state index in [4.69, 9.17) is 36.3 Å². The Labute approximate surface area is 293 Å². The average Bonchev–Trinajstić information content (AvgIpc) is 3.86. The van der Waals surface area contributed by atoms with Gasteiger partial charge in [0.2, 0.25) is 5.91 Å². The maximum Gasteiger partial charge on any atom is 0.347 e. The number of methoxy groups -OCH3 is 1. The summed E-state index contributed by atoms with van der Waals surface area (Å²) in [7, 11) is 1.52. The smallest absolute Gasteiger partial charge is 0.347 e. The number of esters is 2. The minimum absolute atomic E-state index is 0.00560. The predicted octanol–water partition coefficient (Wildman–Crippen LogP) is 4.37. The van der Waals surface area contributed by atoms with Crippen molar-refractivity contribution in [3.05, 3.63) is 76.3 Å². The third kappa shape index (κ3) is 10.5. The molecule has 1 fully saturated rings. The van der Waals surface area contributed by atoms with Crippen LogP contribution in [0.4, 0.5) is 0 Å². The number of nitrogens with two attached hydrogens (primary N) is 1. The van der Waals surface area contributed by atoms with Crippen molar-refractivity contribution in [3.63, 3.8) is 0 Å². The van der Waals surface area contributed by atoms with E-state index in [0.717, 1.165) is 16.7 Å². The Bertz CT molecular complexity index is 1480. The molecular formula is C37H50ClN3O8. The Kier molecular flexibility index (Phi) is 13.3. The number of carbonyl (C=O) groups is 3. The molecule has 5 N–H and O–H groups in total. The van der Waals surface area contributed by atoms with E-state index in [1.54, 1.807) is 38.1 Å². The van der Waals surface area contributed by atoms with E-state index in [1.165, 1.54) is 13.2 Å². The molecule has 49 heavy (non-hydrogen) atoms. The number of hydrogen-bond acceptors (Lipinski definition) is 10. The van der Waals surface area contributed by atoms with Crippen molar-refractivity contribution in [1.82, 2.24) is 10.6 Å². The van der Waals surface area contributed by atoms with Crippen molar-refractivity contribution in [1.29, 1.82) is 0 Å². The van der Waals surface area contributed by atoms with Gasteiger partial charge in [0, 0.05) is 25.4 Å². The summed E-state index contributed by atoms with van der Waals surface area (Å²) in [6.07, 6.45) is 0.204. The molecule has 2 aromatic rings. The lowest BCUT2D eigenvalue weighted by atomic mass is 9.92. The van der Waals surface area contributed by atoms with E-state index in [9.17, 15) is 19.5 Å². The Balaban J connectivity index is 1.60. The largest absolute Gasteiger partial charge is 0.495 e. The molecule has 268 valence electrons. The summed E-state index contributed by atoms with van der Waals surface area (Å²) in [5, 5.41) is 17.5. The summed E-state index contributed by atoms with van der Waals surface area (Å²) in [6.45, 7) is 9.55. The van der Waals surface area contributed by atoms with E-state index in [1.807, 2.05) is 45.0 Å². The molecule has 11 nitrogen and oxygen atoms in total. The highest BCUT2D eigenvalue weighted by Gasteiger charge is 2.48. The van der Waals surface area contributed by atoms with Crippen LogP contribution in [-0.4, -0.2) is 67.2 Å². The Morgan fingerprint density at radius 3 is 2.39 bits per heavy atom. The highest BCUT2D eigenvalue weighted by molar-refractivity contribution is 6.32. The van der Waals surface area contributed by atoms with Gasteiger partial charge in [0.15, 0.2) is 6.10 Å². The van der Waals surface area contributed by atoms with Gasteiger partial charge in [-0.05, 0) is 67.5 Å². The first-order valence-corrected chi connectivity index (χ1v) is 17.2. The predicted molar refractivity (Wildman–Crippen MR) is 186 cm³/mol. The van der Waals surface area contributed by atoms with Crippen LogP contribution in [0, 0.1) is 17.3 Å². The summed E-state index contributed by atoms with van der Waals surface area (Å²) in [4.78, 5) is 40.4. The van der Waals surface area contributed by atoms with Crippen LogP contribution in [0.25, 0.3) is 0 Å². The van der Waals surface area contributed by atoms with E-state index in [-0.39, 0.29) is 49.9 Å². The van der Waals surface area contributed by atoms with Crippen LogP contribution >= 0.6 is 11.6 Å². The van der Waals surface area contributed by atoms with Gasteiger partial charge in [-0.1, -0.05) is 68.8 Å². The number of carbonyl (C=O) groups excluding carboxylic acids is 3. The zero-order chi connectivity index (χ0) is 35.9. The first kappa shape index (κ1) is 38.3. The molecule has 1 amide bonds. The summed E-state index contributed by atoms with van der Waals surface area (Å²) in [5.74, 6) is -1.47. The maximum atomic E-state index is 13.6. The highest BCUT2D eigenvalue weighted by Crippen LogP contribution is 2.45. The third-order valence-electron chi connectivity index (χ3n) is 8.96. The number of nitrogens with one attached hydrogen (secondary N) is 2. The number of benzene rings is 2. The molecule has 0 bridgehead atoms. The number of cyclic esters (lactones) is 2. The van der Waals surface area contributed by atoms with Crippen molar-refractivity contribution in [2.75, 3.05) is 13.7 Å². The molecule has 4 rings (SSSR count). The Hall–Kier alpha value is -3.48. The van der Waals surface area contributed by atoms with Gasteiger partial charge in [0.25, 0.3) is 0 Å². The number of halogens is 1. The number of epoxide rings is 1. The lowest BCUT2D eigenvalue weighted by Gasteiger charge is -2.31. The van der Waals surface area contributed by atoms with Crippen LogP contribution in [0.3, 0.4) is 0 Å². The average molecular weight is 700 g/mol. The van der Waals surface area contributed by atoms with Crippen LogP contribution in [-0.2, 0) is 41.6 Å². The molecule has 0 saturated carbocycles. The summed E-state index contributed by atoms with van der Waals surface area (Å²) >= 11 is 6.35. The number of aliphatic hydroxyl groups excluding tert-OH is 1. The first-order chi connectivity index (χ1) is 23.2. The van der Waals surface area contributed by atoms with Crippen molar-refractivity contribution < 1.29 is 38.4 Å². The molecule has 2 heterocycles. The lowest BCUT2D eigenvalue weighted by molar-refractivity contribution is -0.179. The van der Waals surface area contributed by atoms with E-state index in [0.29, 0.717) is 17.3 Å². The monoisotopic (exact) mass is 699 g/mol. The molecule has 2 unspecified atom stereocenters. The molecule has 1 saturated heterocycles. The van der Waals surface area contributed by atoms with Gasteiger partial charge in [-0.25, -0.2) is 4.79 Å². The van der Waals surface area contributed by atoms with Gasteiger partial charge in [-0.15, -0.1) is 0 Å². The van der Waals surface area contributed by atoms with Crippen LogP contribution in [0.1, 0.15) is 70.3 Å². The topological polar surface area (TPSA) is 162 Å². The fourth-order valence-corrected chi connectivity index (χ4v) is 6.08. The van der Waals surface area contributed by atoms with Crippen molar-refractivity contribution in [3.8, 4) is 5.75 Å². The fourth-order valence-electron chi connectivity index (χ4n) is 5.80. The standard InChI is InChI=1S/C37H50ClN3O8/c1-21(2)16-30-35(44)47-28(22(3)32-33(49-32)25-13-10-23(19-39)11-14-25)8-7-9-31(42)41-27(18-24-12-15-29(46-6)26(38)17-24)34(43)40-20-37(4,5)36(45)48-30/h7,9-15,17,21-22,27-28,30,32-34,40,43H,8,16,18-20,39H2,1-6H3,(H,41,42)/b9-7+/t22-,27?,28-,30-,32+,33+,34?/m0/s1. The van der Waals surface area contributed by atoms with E-state index < -0.39 is 47.7 Å². The number of rotatable bonds is 9. The van der Waals surface area contributed by atoms with Gasteiger partial charge < -0.3 is 35.1 Å². The summed E-state index contributed by atoms with van der Waals surface area (Å²) < 4.78 is 23.2. The summed E-state index contributed by atoms with van der Waals surface area (Å²) in [6, 6.07) is 12.3. The molecule has 2 aliphatic rings. The zero-order valence-electron chi connectivity index (χ0n) is 29.1. The molecular weight excluding hydrogens is 650 g/mol. The van der Waals surface area contributed by atoms with Crippen LogP contribution in [0.5, 0.6) is 5.75 Å². The Morgan fingerprint density at radius 2 is 1.76 bits per heavy atom. The molecule has 0 radical (unpaired) electrons. The lowest BCUT2D eigenvalue weighted by Crippen LogP contribution is -2.53. The summed E-state index contributed by atoms with van der Waals surface area (Å²) in [5.41, 5.74) is 7.36. The van der Waals surface area contributed by atoms with Gasteiger partial charge >= 0.3 is 11.9 Å². The molecule has 7 atom stereocenters. The van der Waals surface area contributed by atoms with Gasteiger partial charge in [-0.2, -0.15) is 0 Å². The maximum absolute atomic E-state index is 13.6. The second kappa shape index (κ2) is 17.0. The van der Waals surface area contributed by atoms with Gasteiger partial charge in [0.05, 0.1) is 29.7 Å². The molecule has 0 aliphatic carbocycles. The second-order valence-electron chi connectivity index (χ2n) is 14.0. The minimum atomic E-state index is -1.25. The number of ether oxygens (including phenoxy) is 4. The number of amides is 1. The fraction of sp³-hybridized carbons (Fsp3) is 0.541. The number of aliphatic hydroxyl groups is 1. The Morgan fingerprint density at radius 1 is 1.06 bits per heavy atom. The normalized spacial score (nSPS) is 27.8. The van der Waals surface area contributed by atoms with Crippen LogP contribution < -0.4 is 21.1 Å². The third-order valence-corrected chi connectivity index (χ3v) is 9.26. The zero-order valence-corrected chi connectivity index (χ0v) is 29.9. The molecule has 12 heteroatoms. The highest BCUT2D eigenvalue weighted by atomic mass is 35.5. The van der Waals surface area contributed by atoms with Crippen molar-refractivity contribution in [2.24, 2.45) is 23.0 Å². The van der Waals surface area contributed by atoms with Crippen LogP contribution in [0.15, 0.2) is 54.6 Å². The van der Waals surface area contributed by atoms with Gasteiger partial charge in [0.1, 0.15) is 24.2 Å². The SMILES string of the molecule is COc1ccc(CC2NC(=O)/C=C/C[C@@H]([C@H](C)[C@H]3O[C@@H]3c3ccc(CN)cc3)OC(=O)[C@H](CC(C)C)OC(=O)C(C)(C)CNC2O)cc1Cl. The first-order valence-electron chi connectivity index (χ1n) is 16.8. The van der Waals surface area contributed by atoms with Gasteiger partial charge in [-0.3, -0.25) is 14.9 Å². The quantitative estimate of drug-likeness (QED) is 0.218. The molecule has 2 aromatic carbocycles. The second-order valence-corrected chi connectivity index (χ2v) is 14.4.